The van der Waals surface area contributed by atoms with Gasteiger partial charge in [-0.15, -0.1) is 0 Å². The monoisotopic (exact) mass is 248 g/mol. The Kier molecular flexibility index (Phi) is 2.19. The van der Waals surface area contributed by atoms with Gasteiger partial charge in [0.25, 0.3) is 0 Å². The van der Waals surface area contributed by atoms with E-state index in [9.17, 15) is 8.78 Å². The number of nitrogens with zero attached hydrogens (tertiary/aromatic N) is 3. The quantitative estimate of drug-likeness (QED) is 0.719. The molecule has 0 saturated carbocycles. The van der Waals surface area contributed by atoms with E-state index < -0.39 is 11.6 Å². The molecule has 6 heteroatoms. The van der Waals surface area contributed by atoms with E-state index >= 15 is 0 Å². The minimum atomic E-state index is -0.934. The topological polar surface area (TPSA) is 46.5 Å². The second kappa shape index (κ2) is 3.63. The Morgan fingerprint density at radius 1 is 1.28 bits per heavy atom. The standard InChI is InChI=1S/C12H10F2N4/c1-6-7(5-15-18(6)2)12-16-9-4-3-8(13)10(14)11(9)17-12/h3-5H,1-2H3,(H,16,17). The number of nitrogens with one attached hydrogen (secondary N) is 1. The Morgan fingerprint density at radius 2 is 2.06 bits per heavy atom. The molecule has 0 unspecified atom stereocenters. The Balaban J connectivity index is 2.26. The highest BCUT2D eigenvalue weighted by atomic mass is 19.2. The lowest BCUT2D eigenvalue weighted by Gasteiger charge is -1.95. The van der Waals surface area contributed by atoms with Gasteiger partial charge in [-0.25, -0.2) is 13.8 Å². The van der Waals surface area contributed by atoms with E-state index in [4.69, 9.17) is 0 Å². The summed E-state index contributed by atoms with van der Waals surface area (Å²) in [5.41, 5.74) is 2.14. The number of aromatic amines is 1. The van der Waals surface area contributed by atoms with Crippen molar-refractivity contribution in [3.05, 3.63) is 35.7 Å². The van der Waals surface area contributed by atoms with E-state index in [1.54, 1.807) is 10.9 Å². The van der Waals surface area contributed by atoms with Crippen molar-refractivity contribution in [1.82, 2.24) is 19.7 Å². The number of imidazole rings is 1. The molecule has 4 nitrogen and oxygen atoms in total. The lowest BCUT2D eigenvalue weighted by Crippen LogP contribution is -1.92. The fourth-order valence-corrected chi connectivity index (χ4v) is 1.88. The fourth-order valence-electron chi connectivity index (χ4n) is 1.88. The Morgan fingerprint density at radius 3 is 2.72 bits per heavy atom. The first-order valence-electron chi connectivity index (χ1n) is 5.40. The van der Waals surface area contributed by atoms with E-state index in [1.807, 2.05) is 14.0 Å². The average molecular weight is 248 g/mol. The molecule has 3 aromatic rings. The van der Waals surface area contributed by atoms with Crippen molar-refractivity contribution < 1.29 is 8.78 Å². The molecule has 0 bridgehead atoms. The van der Waals surface area contributed by atoms with Gasteiger partial charge in [0.05, 0.1) is 17.3 Å². The molecule has 0 aliphatic heterocycles. The third-order valence-electron chi connectivity index (χ3n) is 3.04. The molecule has 1 N–H and O–H groups in total. The minimum Gasteiger partial charge on any atom is -0.338 e. The highest BCUT2D eigenvalue weighted by Gasteiger charge is 2.15. The molecule has 0 aliphatic rings. The lowest BCUT2D eigenvalue weighted by molar-refractivity contribution is 0.515. The molecule has 0 atom stereocenters. The zero-order chi connectivity index (χ0) is 12.9. The van der Waals surface area contributed by atoms with E-state index in [-0.39, 0.29) is 5.52 Å². The van der Waals surface area contributed by atoms with Crippen LogP contribution in [0.15, 0.2) is 18.3 Å². The molecule has 0 amide bonds. The van der Waals surface area contributed by atoms with E-state index in [2.05, 4.69) is 15.1 Å². The summed E-state index contributed by atoms with van der Waals surface area (Å²) in [5.74, 6) is -1.35. The molecule has 2 heterocycles. The highest BCUT2D eigenvalue weighted by molar-refractivity contribution is 5.80. The number of halogens is 2. The number of aryl methyl sites for hydroxylation is 1. The average Bonchev–Trinajstić information content (AvgIpc) is 2.90. The van der Waals surface area contributed by atoms with Crippen LogP contribution in [0.3, 0.4) is 0 Å². The van der Waals surface area contributed by atoms with Gasteiger partial charge in [-0.1, -0.05) is 0 Å². The second-order valence-electron chi connectivity index (χ2n) is 4.11. The summed E-state index contributed by atoms with van der Waals surface area (Å²) < 4.78 is 28.3. The van der Waals surface area contributed by atoms with Crippen LogP contribution >= 0.6 is 0 Å². The number of aromatic nitrogens is 4. The van der Waals surface area contributed by atoms with Gasteiger partial charge in [0.1, 0.15) is 11.3 Å². The predicted octanol–water partition coefficient (Wildman–Crippen LogP) is 2.55. The molecule has 0 spiro atoms. The molecule has 2 aromatic heterocycles. The van der Waals surface area contributed by atoms with Crippen molar-refractivity contribution in [1.29, 1.82) is 0 Å². The summed E-state index contributed by atoms with van der Waals surface area (Å²) in [7, 11) is 1.81. The molecule has 92 valence electrons. The van der Waals surface area contributed by atoms with Gasteiger partial charge >= 0.3 is 0 Å². The van der Waals surface area contributed by atoms with Gasteiger partial charge in [0, 0.05) is 12.7 Å². The SMILES string of the molecule is Cc1c(-c2nc3c(F)c(F)ccc3[nH]2)cnn1C. The number of fused-ring (bicyclic) bond motifs is 1. The number of rotatable bonds is 1. The summed E-state index contributed by atoms with van der Waals surface area (Å²) >= 11 is 0. The first kappa shape index (κ1) is 10.9. The molecule has 1 aromatic carbocycles. The summed E-state index contributed by atoms with van der Waals surface area (Å²) in [5, 5.41) is 4.09. The maximum Gasteiger partial charge on any atom is 0.186 e. The maximum atomic E-state index is 13.6. The number of H-pyrrole nitrogens is 1. The van der Waals surface area contributed by atoms with E-state index in [0.717, 1.165) is 17.3 Å². The molecule has 0 saturated heterocycles. The van der Waals surface area contributed by atoms with Crippen LogP contribution < -0.4 is 0 Å². The van der Waals surface area contributed by atoms with Crippen LogP contribution in [0.5, 0.6) is 0 Å². The van der Waals surface area contributed by atoms with Crippen LogP contribution in [0.25, 0.3) is 22.4 Å². The zero-order valence-electron chi connectivity index (χ0n) is 9.83. The largest absolute Gasteiger partial charge is 0.338 e. The zero-order valence-corrected chi connectivity index (χ0v) is 9.83. The third-order valence-corrected chi connectivity index (χ3v) is 3.04. The van der Waals surface area contributed by atoms with Crippen molar-refractivity contribution >= 4 is 11.0 Å². The smallest absolute Gasteiger partial charge is 0.186 e. The predicted molar refractivity (Wildman–Crippen MR) is 62.9 cm³/mol. The highest BCUT2D eigenvalue weighted by Crippen LogP contribution is 2.25. The van der Waals surface area contributed by atoms with Gasteiger partial charge in [-0.3, -0.25) is 4.68 Å². The molecule has 0 aliphatic carbocycles. The number of benzene rings is 1. The van der Waals surface area contributed by atoms with Gasteiger partial charge in [0.2, 0.25) is 0 Å². The van der Waals surface area contributed by atoms with Crippen LogP contribution in [0.2, 0.25) is 0 Å². The van der Waals surface area contributed by atoms with Crippen molar-refractivity contribution in [2.24, 2.45) is 7.05 Å². The van der Waals surface area contributed by atoms with Crippen molar-refractivity contribution in [2.45, 2.75) is 6.92 Å². The number of hydrogen-bond acceptors (Lipinski definition) is 2. The summed E-state index contributed by atoms with van der Waals surface area (Å²) in [6.07, 6.45) is 1.64. The summed E-state index contributed by atoms with van der Waals surface area (Å²) in [6, 6.07) is 2.55. The maximum absolute atomic E-state index is 13.6. The molecule has 0 fully saturated rings. The van der Waals surface area contributed by atoms with Gasteiger partial charge in [0.15, 0.2) is 11.6 Å². The second-order valence-corrected chi connectivity index (χ2v) is 4.11. The van der Waals surface area contributed by atoms with Crippen LogP contribution in [-0.4, -0.2) is 19.7 Å². The molecular formula is C12H10F2N4. The molecule has 0 radical (unpaired) electrons. The van der Waals surface area contributed by atoms with Gasteiger partial charge in [-0.2, -0.15) is 5.10 Å². The molecule has 18 heavy (non-hydrogen) atoms. The van der Waals surface area contributed by atoms with E-state index in [0.29, 0.717) is 11.3 Å². The van der Waals surface area contributed by atoms with Gasteiger partial charge < -0.3 is 4.98 Å². The minimum absolute atomic E-state index is 0.00764. The van der Waals surface area contributed by atoms with Crippen LogP contribution in [0.4, 0.5) is 8.78 Å². The van der Waals surface area contributed by atoms with Crippen molar-refractivity contribution in [3.8, 4) is 11.4 Å². The third kappa shape index (κ3) is 1.42. The summed E-state index contributed by atoms with van der Waals surface area (Å²) in [6.45, 7) is 1.88. The van der Waals surface area contributed by atoms with Crippen molar-refractivity contribution in [2.75, 3.05) is 0 Å². The molecular weight excluding hydrogens is 238 g/mol. The first-order chi connectivity index (χ1) is 8.58. The van der Waals surface area contributed by atoms with Crippen LogP contribution in [0, 0.1) is 18.6 Å². The Hall–Kier alpha value is -2.24. The van der Waals surface area contributed by atoms with Crippen LogP contribution in [0.1, 0.15) is 5.69 Å². The van der Waals surface area contributed by atoms with E-state index in [1.165, 1.54) is 6.07 Å². The van der Waals surface area contributed by atoms with Crippen molar-refractivity contribution in [3.63, 3.8) is 0 Å². The van der Waals surface area contributed by atoms with Crippen LogP contribution in [-0.2, 0) is 7.05 Å². The number of hydrogen-bond donors (Lipinski definition) is 1. The Labute approximate surface area is 101 Å². The lowest BCUT2D eigenvalue weighted by atomic mass is 10.2. The Bertz CT molecular complexity index is 742. The molecule has 3 rings (SSSR count). The first-order valence-corrected chi connectivity index (χ1v) is 5.40. The summed E-state index contributed by atoms with van der Waals surface area (Å²) in [4.78, 5) is 7.06. The fraction of sp³-hybridized carbons (Fsp3) is 0.167. The normalized spacial score (nSPS) is 11.3. The van der Waals surface area contributed by atoms with Gasteiger partial charge in [-0.05, 0) is 19.1 Å².